The maximum atomic E-state index is 12.7. The summed E-state index contributed by atoms with van der Waals surface area (Å²) in [6, 6.07) is 3.36. The Labute approximate surface area is 132 Å². The van der Waals surface area contributed by atoms with Crippen LogP contribution in [0.4, 0.5) is 11.4 Å². The highest BCUT2D eigenvalue weighted by molar-refractivity contribution is 9.10. The molecular weight excluding hydrogens is 354 g/mol. The summed E-state index contributed by atoms with van der Waals surface area (Å²) in [7, 11) is -3.72. The van der Waals surface area contributed by atoms with Gasteiger partial charge in [-0.25, -0.2) is 8.42 Å². The van der Waals surface area contributed by atoms with Crippen LogP contribution in [0.1, 0.15) is 16.7 Å². The average Bonchev–Trinajstić information content (AvgIpc) is 2.38. The van der Waals surface area contributed by atoms with E-state index < -0.39 is 10.0 Å². The predicted molar refractivity (Wildman–Crippen MR) is 87.8 cm³/mol. The van der Waals surface area contributed by atoms with Crippen LogP contribution < -0.4 is 10.5 Å². The van der Waals surface area contributed by atoms with Crippen LogP contribution in [0, 0.1) is 20.8 Å². The Morgan fingerprint density at radius 2 is 1.90 bits per heavy atom. The van der Waals surface area contributed by atoms with Gasteiger partial charge in [0, 0.05) is 18.1 Å². The highest BCUT2D eigenvalue weighted by atomic mass is 79.9. The Hall–Kier alpha value is -1.60. The molecule has 2 rings (SSSR count). The molecule has 0 aliphatic carbocycles. The van der Waals surface area contributed by atoms with Gasteiger partial charge in [0.1, 0.15) is 0 Å². The molecule has 0 aliphatic heterocycles. The van der Waals surface area contributed by atoms with Crippen LogP contribution in [0.15, 0.2) is 33.9 Å². The molecule has 112 valence electrons. The van der Waals surface area contributed by atoms with Gasteiger partial charge in [0.15, 0.2) is 0 Å². The van der Waals surface area contributed by atoms with Crippen molar-refractivity contribution in [2.75, 3.05) is 10.5 Å². The molecule has 2 aromatic rings. The SMILES string of the molecule is Cc1cc(C)c(S(=O)(=O)Nc2ccncc2Br)c(C)c1N. The summed E-state index contributed by atoms with van der Waals surface area (Å²) < 4.78 is 28.4. The average molecular weight is 370 g/mol. The molecule has 0 amide bonds. The zero-order valence-corrected chi connectivity index (χ0v) is 14.3. The summed E-state index contributed by atoms with van der Waals surface area (Å²) in [5, 5.41) is 0. The number of hydrogen-bond acceptors (Lipinski definition) is 4. The van der Waals surface area contributed by atoms with E-state index in [0.717, 1.165) is 5.56 Å². The topological polar surface area (TPSA) is 85.1 Å². The highest BCUT2D eigenvalue weighted by Crippen LogP contribution is 2.30. The fraction of sp³-hybridized carbons (Fsp3) is 0.214. The lowest BCUT2D eigenvalue weighted by Crippen LogP contribution is -2.17. The monoisotopic (exact) mass is 369 g/mol. The van der Waals surface area contributed by atoms with E-state index in [9.17, 15) is 8.42 Å². The van der Waals surface area contributed by atoms with Crippen molar-refractivity contribution in [1.82, 2.24) is 4.98 Å². The number of aryl methyl sites for hydroxylation is 2. The minimum absolute atomic E-state index is 0.217. The van der Waals surface area contributed by atoms with Crippen LogP contribution >= 0.6 is 15.9 Å². The van der Waals surface area contributed by atoms with Crippen LogP contribution in [-0.4, -0.2) is 13.4 Å². The molecule has 0 fully saturated rings. The van der Waals surface area contributed by atoms with E-state index in [1.165, 1.54) is 12.4 Å². The number of rotatable bonds is 3. The molecule has 7 heteroatoms. The fourth-order valence-corrected chi connectivity index (χ4v) is 4.30. The zero-order valence-electron chi connectivity index (χ0n) is 11.9. The van der Waals surface area contributed by atoms with Crippen LogP contribution in [0.25, 0.3) is 0 Å². The third kappa shape index (κ3) is 3.03. The number of nitrogens with two attached hydrogens (primary N) is 1. The summed E-state index contributed by atoms with van der Waals surface area (Å²) in [5.74, 6) is 0. The van der Waals surface area contributed by atoms with Gasteiger partial charge in [0.2, 0.25) is 0 Å². The molecule has 1 aromatic heterocycles. The minimum Gasteiger partial charge on any atom is -0.398 e. The first kappa shape index (κ1) is 15.8. The van der Waals surface area contributed by atoms with E-state index in [0.29, 0.717) is 27.0 Å². The largest absolute Gasteiger partial charge is 0.398 e. The maximum Gasteiger partial charge on any atom is 0.262 e. The number of halogens is 1. The fourth-order valence-electron chi connectivity index (χ4n) is 2.25. The van der Waals surface area contributed by atoms with Crippen molar-refractivity contribution in [3.05, 3.63) is 45.7 Å². The molecule has 1 heterocycles. The summed E-state index contributed by atoms with van der Waals surface area (Å²) in [6.07, 6.45) is 3.05. The smallest absolute Gasteiger partial charge is 0.262 e. The number of nitrogens with one attached hydrogen (secondary N) is 1. The first-order chi connectivity index (χ1) is 9.74. The number of nitrogens with zero attached hydrogens (tertiary/aromatic N) is 1. The molecule has 0 unspecified atom stereocenters. The lowest BCUT2D eigenvalue weighted by molar-refractivity contribution is 0.600. The lowest BCUT2D eigenvalue weighted by atomic mass is 10.1. The third-order valence-electron chi connectivity index (χ3n) is 3.25. The molecule has 0 atom stereocenters. The van der Waals surface area contributed by atoms with Gasteiger partial charge >= 0.3 is 0 Å². The Morgan fingerprint density at radius 3 is 2.52 bits per heavy atom. The molecule has 0 bridgehead atoms. The first-order valence-electron chi connectivity index (χ1n) is 6.22. The van der Waals surface area contributed by atoms with Gasteiger partial charge in [-0.2, -0.15) is 0 Å². The van der Waals surface area contributed by atoms with E-state index in [-0.39, 0.29) is 4.90 Å². The van der Waals surface area contributed by atoms with Crippen molar-refractivity contribution in [3.63, 3.8) is 0 Å². The van der Waals surface area contributed by atoms with E-state index in [1.54, 1.807) is 26.0 Å². The molecule has 0 saturated heterocycles. The van der Waals surface area contributed by atoms with Crippen LogP contribution in [0.5, 0.6) is 0 Å². The second kappa shape index (κ2) is 5.65. The van der Waals surface area contributed by atoms with Crippen LogP contribution in [-0.2, 0) is 10.0 Å². The van der Waals surface area contributed by atoms with Gasteiger partial charge in [-0.1, -0.05) is 6.07 Å². The summed E-state index contributed by atoms with van der Waals surface area (Å²) in [6.45, 7) is 5.33. The number of hydrogen-bond donors (Lipinski definition) is 2. The van der Waals surface area contributed by atoms with Gasteiger partial charge in [0.25, 0.3) is 10.0 Å². The number of pyridine rings is 1. The molecular formula is C14H16BrN3O2S. The van der Waals surface area contributed by atoms with Gasteiger partial charge in [0.05, 0.1) is 15.1 Å². The Morgan fingerprint density at radius 1 is 1.24 bits per heavy atom. The molecule has 0 saturated carbocycles. The highest BCUT2D eigenvalue weighted by Gasteiger charge is 2.22. The number of anilines is 2. The van der Waals surface area contributed by atoms with Crippen LogP contribution in [0.3, 0.4) is 0 Å². The Bertz CT molecular complexity index is 804. The first-order valence-corrected chi connectivity index (χ1v) is 8.50. The van der Waals surface area contributed by atoms with Crippen molar-refractivity contribution in [3.8, 4) is 0 Å². The zero-order chi connectivity index (χ0) is 15.8. The van der Waals surface area contributed by atoms with E-state index >= 15 is 0 Å². The normalized spacial score (nSPS) is 11.4. The predicted octanol–water partition coefficient (Wildman–Crippen LogP) is 3.15. The number of aromatic nitrogens is 1. The van der Waals surface area contributed by atoms with Crippen molar-refractivity contribution >= 4 is 37.3 Å². The molecule has 1 aromatic carbocycles. The summed E-state index contributed by atoms with van der Waals surface area (Å²) in [5.41, 5.74) is 8.98. The second-order valence-corrected chi connectivity index (χ2v) is 7.31. The second-order valence-electron chi connectivity index (χ2n) is 4.84. The van der Waals surface area contributed by atoms with Crippen molar-refractivity contribution in [2.24, 2.45) is 0 Å². The number of sulfonamides is 1. The molecule has 5 nitrogen and oxygen atoms in total. The van der Waals surface area contributed by atoms with Crippen LogP contribution in [0.2, 0.25) is 0 Å². The minimum atomic E-state index is -3.72. The Kier molecular flexibility index (Phi) is 4.25. The third-order valence-corrected chi connectivity index (χ3v) is 5.53. The van der Waals surface area contributed by atoms with E-state index in [4.69, 9.17) is 5.73 Å². The van der Waals surface area contributed by atoms with E-state index in [2.05, 4.69) is 25.6 Å². The van der Waals surface area contributed by atoms with Crippen molar-refractivity contribution in [2.45, 2.75) is 25.7 Å². The number of nitrogen functional groups attached to an aromatic ring is 1. The van der Waals surface area contributed by atoms with Gasteiger partial charge in [-0.05, 0) is 59.5 Å². The molecule has 21 heavy (non-hydrogen) atoms. The van der Waals surface area contributed by atoms with Crippen molar-refractivity contribution < 1.29 is 8.42 Å². The molecule has 0 aliphatic rings. The van der Waals surface area contributed by atoms with Gasteiger partial charge < -0.3 is 5.73 Å². The quantitative estimate of drug-likeness (QED) is 0.813. The Balaban J connectivity index is 2.56. The maximum absolute atomic E-state index is 12.7. The molecule has 0 radical (unpaired) electrons. The van der Waals surface area contributed by atoms with Crippen molar-refractivity contribution in [1.29, 1.82) is 0 Å². The summed E-state index contributed by atoms with van der Waals surface area (Å²) >= 11 is 3.27. The summed E-state index contributed by atoms with van der Waals surface area (Å²) in [4.78, 5) is 4.12. The van der Waals surface area contributed by atoms with Gasteiger partial charge in [-0.3, -0.25) is 9.71 Å². The standard InChI is InChI=1S/C14H16BrN3O2S/c1-8-6-9(2)14(10(3)13(8)16)21(19,20)18-12-4-5-17-7-11(12)15/h4-7H,16H2,1-3H3,(H,17,18). The lowest BCUT2D eigenvalue weighted by Gasteiger charge is -2.16. The van der Waals surface area contributed by atoms with E-state index in [1.807, 2.05) is 6.92 Å². The number of benzene rings is 1. The van der Waals surface area contributed by atoms with Gasteiger partial charge in [-0.15, -0.1) is 0 Å². The molecule has 3 N–H and O–H groups in total. The molecule has 0 spiro atoms.